The molecule has 1 rings (SSSR count). The van der Waals surface area contributed by atoms with Gasteiger partial charge in [-0.05, 0) is 51.5 Å². The van der Waals surface area contributed by atoms with E-state index in [1.807, 2.05) is 20.8 Å². The van der Waals surface area contributed by atoms with E-state index < -0.39 is 13.7 Å². The highest BCUT2D eigenvalue weighted by atomic mass is 32.1. The number of rotatable bonds is 4. The van der Waals surface area contributed by atoms with Crippen molar-refractivity contribution in [2.75, 3.05) is 6.17 Å². The molecule has 0 spiro atoms. The second-order valence-corrected chi connectivity index (χ2v) is 13.9. The van der Waals surface area contributed by atoms with Crippen molar-refractivity contribution >= 4 is 32.8 Å². The molecule has 0 radical (unpaired) electrons. The Balaban J connectivity index is 2.96. The van der Waals surface area contributed by atoms with Crippen LogP contribution in [0.4, 0.5) is 0 Å². The highest BCUT2D eigenvalue weighted by Crippen LogP contribution is 2.19. The predicted octanol–water partition coefficient (Wildman–Crippen LogP) is 4.11. The first-order valence-corrected chi connectivity index (χ1v) is 11.8. The number of benzene rings is 1. The molecule has 1 aromatic rings. The van der Waals surface area contributed by atoms with E-state index >= 15 is 0 Å². The van der Waals surface area contributed by atoms with Gasteiger partial charge in [-0.2, -0.15) is 0 Å². The number of nitrogens with zero attached hydrogens (tertiary/aromatic N) is 1. The minimum atomic E-state index is -1.43. The van der Waals surface area contributed by atoms with Crippen molar-refractivity contribution in [1.29, 1.82) is 0 Å². The lowest BCUT2D eigenvalue weighted by Crippen LogP contribution is -2.38. The fourth-order valence-electron chi connectivity index (χ4n) is 2.03. The van der Waals surface area contributed by atoms with E-state index in [2.05, 4.69) is 32.5 Å². The Morgan fingerprint density at radius 2 is 1.78 bits per heavy atom. The molecule has 4 nitrogen and oxygen atoms in total. The number of hydrogen-bond donors (Lipinski definition) is 1. The molecule has 23 heavy (non-hydrogen) atoms. The van der Waals surface area contributed by atoms with Crippen molar-refractivity contribution in [3.63, 3.8) is 0 Å². The normalized spacial score (nSPS) is 12.0. The molecule has 0 saturated heterocycles. The van der Waals surface area contributed by atoms with Gasteiger partial charge in [-0.1, -0.05) is 32.5 Å². The Hall–Kier alpha value is -1.27. The molecular weight excluding hydrogens is 326 g/mol. The number of thiol groups is 1. The summed E-state index contributed by atoms with van der Waals surface area (Å²) in [5.41, 5.74) is 1.19. The standard InChI is InChI=1S/C17H27NO3SSi/c1-12-10-13(15(19)18(22)11-23(5,6)7)8-9-14(12)16(20)21-17(2,3)4/h8-10,22H,11H2,1-7H3. The fourth-order valence-corrected chi connectivity index (χ4v) is 4.46. The van der Waals surface area contributed by atoms with E-state index in [-0.39, 0.29) is 11.9 Å². The van der Waals surface area contributed by atoms with Gasteiger partial charge < -0.3 is 4.74 Å². The Bertz CT molecular complexity index is 603. The minimum Gasteiger partial charge on any atom is -0.456 e. The van der Waals surface area contributed by atoms with Gasteiger partial charge in [0.1, 0.15) is 5.60 Å². The lowest BCUT2D eigenvalue weighted by Gasteiger charge is -2.24. The Labute approximate surface area is 145 Å². The third kappa shape index (κ3) is 6.39. The van der Waals surface area contributed by atoms with Gasteiger partial charge in [-0.15, -0.1) is 0 Å². The van der Waals surface area contributed by atoms with Crippen LogP contribution in [0, 0.1) is 6.92 Å². The molecule has 1 amide bonds. The first-order valence-electron chi connectivity index (χ1n) is 7.65. The largest absolute Gasteiger partial charge is 0.456 e. The summed E-state index contributed by atoms with van der Waals surface area (Å²) in [7, 11) is -1.43. The number of amides is 1. The second-order valence-electron chi connectivity index (χ2n) is 7.96. The van der Waals surface area contributed by atoms with Gasteiger partial charge in [-0.25, -0.2) is 4.79 Å². The summed E-state index contributed by atoms with van der Waals surface area (Å²) < 4.78 is 6.84. The van der Waals surface area contributed by atoms with E-state index in [9.17, 15) is 9.59 Å². The van der Waals surface area contributed by atoms with E-state index in [0.717, 1.165) is 5.56 Å². The Morgan fingerprint density at radius 1 is 1.22 bits per heavy atom. The molecular formula is C17H27NO3SSi. The highest BCUT2D eigenvalue weighted by molar-refractivity contribution is 7.78. The van der Waals surface area contributed by atoms with Crippen molar-refractivity contribution in [2.45, 2.75) is 52.9 Å². The lowest BCUT2D eigenvalue weighted by molar-refractivity contribution is 0.00685. The van der Waals surface area contributed by atoms with Crippen LogP contribution in [0.2, 0.25) is 19.6 Å². The highest BCUT2D eigenvalue weighted by Gasteiger charge is 2.23. The Kier molecular flexibility index (Phi) is 6.10. The van der Waals surface area contributed by atoms with E-state index in [4.69, 9.17) is 4.74 Å². The molecule has 0 atom stereocenters. The van der Waals surface area contributed by atoms with Gasteiger partial charge in [0.2, 0.25) is 0 Å². The molecule has 0 aliphatic heterocycles. The Morgan fingerprint density at radius 3 is 2.22 bits per heavy atom. The molecule has 0 N–H and O–H groups in total. The zero-order valence-electron chi connectivity index (χ0n) is 15.1. The first-order chi connectivity index (χ1) is 10.3. The van der Waals surface area contributed by atoms with Crippen LogP contribution in [0.5, 0.6) is 0 Å². The van der Waals surface area contributed by atoms with Gasteiger partial charge in [-0.3, -0.25) is 9.10 Å². The smallest absolute Gasteiger partial charge is 0.338 e. The quantitative estimate of drug-likeness (QED) is 0.503. The molecule has 0 aliphatic rings. The van der Waals surface area contributed by atoms with Gasteiger partial charge in [0.25, 0.3) is 5.91 Å². The van der Waals surface area contributed by atoms with Crippen molar-refractivity contribution < 1.29 is 14.3 Å². The van der Waals surface area contributed by atoms with Crippen molar-refractivity contribution in [1.82, 2.24) is 4.31 Å². The molecule has 0 fully saturated rings. The van der Waals surface area contributed by atoms with Crippen LogP contribution in [0.1, 0.15) is 47.1 Å². The maximum absolute atomic E-state index is 12.4. The van der Waals surface area contributed by atoms with Crippen LogP contribution in [0.3, 0.4) is 0 Å². The van der Waals surface area contributed by atoms with Gasteiger partial charge in [0.05, 0.1) is 13.6 Å². The third-order valence-electron chi connectivity index (χ3n) is 2.95. The first kappa shape index (κ1) is 19.8. The fraction of sp³-hybridized carbons (Fsp3) is 0.529. The van der Waals surface area contributed by atoms with Crippen molar-refractivity contribution in [3.05, 3.63) is 34.9 Å². The van der Waals surface area contributed by atoms with Crippen LogP contribution in [-0.4, -0.2) is 36.0 Å². The van der Waals surface area contributed by atoms with Crippen LogP contribution >= 0.6 is 12.8 Å². The molecule has 6 heteroatoms. The summed E-state index contributed by atoms with van der Waals surface area (Å²) in [6.07, 6.45) is 0.668. The number of hydrogen-bond acceptors (Lipinski definition) is 4. The van der Waals surface area contributed by atoms with Crippen molar-refractivity contribution in [3.8, 4) is 0 Å². The molecule has 0 unspecified atom stereocenters. The summed E-state index contributed by atoms with van der Waals surface area (Å²) in [5.74, 6) is -0.520. The lowest BCUT2D eigenvalue weighted by atomic mass is 10.0. The summed E-state index contributed by atoms with van der Waals surface area (Å²) >= 11 is 4.31. The number of esters is 1. The van der Waals surface area contributed by atoms with E-state index in [0.29, 0.717) is 17.3 Å². The molecule has 0 aromatic heterocycles. The SMILES string of the molecule is Cc1cc(C(=O)N(S)C[Si](C)(C)C)ccc1C(=O)OC(C)(C)C. The average molecular weight is 354 g/mol. The number of aryl methyl sites for hydroxylation is 1. The van der Waals surface area contributed by atoms with E-state index in [1.165, 1.54) is 4.31 Å². The minimum absolute atomic E-state index is 0.144. The van der Waals surface area contributed by atoms with Crippen LogP contribution in [0.25, 0.3) is 0 Å². The maximum Gasteiger partial charge on any atom is 0.338 e. The molecule has 0 heterocycles. The summed E-state index contributed by atoms with van der Waals surface area (Å²) in [4.78, 5) is 24.6. The summed E-state index contributed by atoms with van der Waals surface area (Å²) in [6.45, 7) is 13.8. The molecule has 1 aromatic carbocycles. The average Bonchev–Trinajstić information content (AvgIpc) is 2.33. The topological polar surface area (TPSA) is 46.6 Å². The van der Waals surface area contributed by atoms with Crippen LogP contribution < -0.4 is 0 Å². The number of carbonyl (C=O) groups excluding carboxylic acids is 2. The number of ether oxygens (including phenoxy) is 1. The van der Waals surface area contributed by atoms with Gasteiger partial charge >= 0.3 is 5.97 Å². The maximum atomic E-state index is 12.4. The molecule has 0 saturated carbocycles. The predicted molar refractivity (Wildman–Crippen MR) is 99.7 cm³/mol. The summed E-state index contributed by atoms with van der Waals surface area (Å²) in [5, 5.41) is 0. The monoisotopic (exact) mass is 353 g/mol. The second kappa shape index (κ2) is 7.09. The van der Waals surface area contributed by atoms with Gasteiger partial charge in [0, 0.05) is 11.7 Å². The summed E-state index contributed by atoms with van der Waals surface area (Å²) in [6, 6.07) is 5.02. The molecule has 128 valence electrons. The zero-order valence-corrected chi connectivity index (χ0v) is 17.0. The van der Waals surface area contributed by atoms with Crippen LogP contribution in [0.15, 0.2) is 18.2 Å². The van der Waals surface area contributed by atoms with E-state index in [1.54, 1.807) is 25.1 Å². The molecule has 0 bridgehead atoms. The van der Waals surface area contributed by atoms with Crippen molar-refractivity contribution in [2.24, 2.45) is 0 Å². The zero-order chi connectivity index (χ0) is 18.0. The number of carbonyl (C=O) groups is 2. The van der Waals surface area contributed by atoms with Crippen LogP contribution in [-0.2, 0) is 4.74 Å². The third-order valence-corrected chi connectivity index (χ3v) is 4.80. The van der Waals surface area contributed by atoms with Gasteiger partial charge in [0.15, 0.2) is 0 Å². The molecule has 0 aliphatic carbocycles.